The van der Waals surface area contributed by atoms with Crippen LogP contribution in [0.1, 0.15) is 43.7 Å². The number of carbonyl (C=O) groups is 1. The van der Waals surface area contributed by atoms with Crippen molar-refractivity contribution in [2.24, 2.45) is 0 Å². The Morgan fingerprint density at radius 2 is 1.97 bits per heavy atom. The molecule has 1 atom stereocenters. The van der Waals surface area contributed by atoms with Crippen LogP contribution < -0.4 is 4.90 Å². The summed E-state index contributed by atoms with van der Waals surface area (Å²) < 4.78 is 5.68. The highest BCUT2D eigenvalue weighted by molar-refractivity contribution is 5.81. The molecule has 0 N–H and O–H groups in total. The van der Waals surface area contributed by atoms with Gasteiger partial charge >= 0.3 is 0 Å². The van der Waals surface area contributed by atoms with Crippen LogP contribution in [-0.2, 0) is 9.53 Å². The molecule has 0 bridgehead atoms. The molecule has 154 valence electrons. The molecular weight excluding hydrogens is 368 g/mol. The first-order chi connectivity index (χ1) is 14.1. The van der Waals surface area contributed by atoms with E-state index in [9.17, 15) is 4.79 Å². The van der Waals surface area contributed by atoms with Gasteiger partial charge < -0.3 is 14.5 Å². The van der Waals surface area contributed by atoms with Gasteiger partial charge in [-0.15, -0.1) is 0 Å². The lowest BCUT2D eigenvalue weighted by Crippen LogP contribution is -2.45. The summed E-state index contributed by atoms with van der Waals surface area (Å²) in [5.74, 6) is 1.89. The predicted molar refractivity (Wildman–Crippen MR) is 110 cm³/mol. The zero-order valence-corrected chi connectivity index (χ0v) is 17.1. The molecule has 8 nitrogen and oxygen atoms in total. The SMILES string of the molecule is CN(C)c1cc(C2CCN(C(=O)C3CCCCO3)CC2)nc(-c2cnccn2)n1. The van der Waals surface area contributed by atoms with E-state index in [1.165, 1.54) is 0 Å². The summed E-state index contributed by atoms with van der Waals surface area (Å²) in [4.78, 5) is 34.6. The van der Waals surface area contributed by atoms with Crippen molar-refractivity contribution in [3.63, 3.8) is 0 Å². The third-order valence-corrected chi connectivity index (χ3v) is 5.66. The van der Waals surface area contributed by atoms with Crippen LogP contribution in [0.5, 0.6) is 0 Å². The van der Waals surface area contributed by atoms with Crippen molar-refractivity contribution < 1.29 is 9.53 Å². The molecule has 29 heavy (non-hydrogen) atoms. The van der Waals surface area contributed by atoms with E-state index in [1.807, 2.05) is 30.0 Å². The fourth-order valence-electron chi connectivity index (χ4n) is 3.95. The topological polar surface area (TPSA) is 84.3 Å². The van der Waals surface area contributed by atoms with Crippen molar-refractivity contribution in [3.05, 3.63) is 30.4 Å². The molecule has 0 saturated carbocycles. The largest absolute Gasteiger partial charge is 0.368 e. The molecular formula is C21H28N6O2. The summed E-state index contributed by atoms with van der Waals surface area (Å²) in [6.45, 7) is 2.18. The first kappa shape index (κ1) is 19.7. The van der Waals surface area contributed by atoms with E-state index in [4.69, 9.17) is 9.72 Å². The maximum Gasteiger partial charge on any atom is 0.251 e. The molecule has 2 aromatic heterocycles. The number of carbonyl (C=O) groups excluding carboxylic acids is 1. The molecule has 4 heterocycles. The normalized spacial score (nSPS) is 20.5. The molecule has 0 aliphatic carbocycles. The van der Waals surface area contributed by atoms with Crippen LogP contribution in [0.3, 0.4) is 0 Å². The number of rotatable bonds is 4. The van der Waals surface area contributed by atoms with Crippen LogP contribution in [0.4, 0.5) is 5.82 Å². The molecule has 2 aromatic rings. The van der Waals surface area contributed by atoms with Gasteiger partial charge in [0.1, 0.15) is 17.6 Å². The van der Waals surface area contributed by atoms with Crippen LogP contribution in [0, 0.1) is 0 Å². The lowest BCUT2D eigenvalue weighted by Gasteiger charge is -2.35. The quantitative estimate of drug-likeness (QED) is 0.784. The average Bonchev–Trinajstić information content (AvgIpc) is 2.79. The predicted octanol–water partition coefficient (Wildman–Crippen LogP) is 2.27. The minimum atomic E-state index is -0.247. The smallest absolute Gasteiger partial charge is 0.251 e. The number of ether oxygens (including phenoxy) is 1. The second-order valence-electron chi connectivity index (χ2n) is 7.91. The lowest BCUT2D eigenvalue weighted by atomic mass is 9.92. The number of nitrogens with zero attached hydrogens (tertiary/aromatic N) is 6. The minimum Gasteiger partial charge on any atom is -0.368 e. The molecule has 0 aromatic carbocycles. The van der Waals surface area contributed by atoms with Crippen molar-refractivity contribution >= 4 is 11.7 Å². The van der Waals surface area contributed by atoms with Crippen LogP contribution in [0.2, 0.25) is 0 Å². The Morgan fingerprint density at radius 1 is 1.14 bits per heavy atom. The van der Waals surface area contributed by atoms with Gasteiger partial charge in [0.2, 0.25) is 0 Å². The highest BCUT2D eigenvalue weighted by atomic mass is 16.5. The van der Waals surface area contributed by atoms with Gasteiger partial charge in [0, 0.05) is 63.9 Å². The minimum absolute atomic E-state index is 0.153. The van der Waals surface area contributed by atoms with Gasteiger partial charge in [0.25, 0.3) is 5.91 Å². The number of amides is 1. The highest BCUT2D eigenvalue weighted by Crippen LogP contribution is 2.30. The average molecular weight is 396 g/mol. The number of aromatic nitrogens is 4. The second-order valence-corrected chi connectivity index (χ2v) is 7.91. The summed E-state index contributed by atoms with van der Waals surface area (Å²) in [5.41, 5.74) is 1.67. The Labute approximate surface area is 171 Å². The van der Waals surface area contributed by atoms with Crippen molar-refractivity contribution in [1.82, 2.24) is 24.8 Å². The summed E-state index contributed by atoms with van der Waals surface area (Å²) in [5, 5.41) is 0. The van der Waals surface area contributed by atoms with Crippen molar-refractivity contribution in [1.29, 1.82) is 0 Å². The summed E-state index contributed by atoms with van der Waals surface area (Å²) >= 11 is 0. The van der Waals surface area contributed by atoms with Crippen LogP contribution in [0.25, 0.3) is 11.5 Å². The third kappa shape index (κ3) is 4.53. The number of hydrogen-bond acceptors (Lipinski definition) is 7. The fraction of sp³-hybridized carbons (Fsp3) is 0.571. The molecule has 0 radical (unpaired) electrons. The van der Waals surface area contributed by atoms with E-state index in [0.29, 0.717) is 24.0 Å². The number of hydrogen-bond donors (Lipinski definition) is 0. The Morgan fingerprint density at radius 3 is 2.62 bits per heavy atom. The Kier molecular flexibility index (Phi) is 5.99. The van der Waals surface area contributed by atoms with Crippen LogP contribution >= 0.6 is 0 Å². The van der Waals surface area contributed by atoms with Crippen LogP contribution in [0.15, 0.2) is 24.7 Å². The molecule has 1 amide bonds. The van der Waals surface area contributed by atoms with Gasteiger partial charge in [0.05, 0.1) is 6.20 Å². The molecule has 0 spiro atoms. The maximum absolute atomic E-state index is 12.7. The fourth-order valence-corrected chi connectivity index (χ4v) is 3.95. The van der Waals surface area contributed by atoms with E-state index < -0.39 is 0 Å². The highest BCUT2D eigenvalue weighted by Gasteiger charge is 2.31. The molecule has 1 unspecified atom stereocenters. The summed E-state index contributed by atoms with van der Waals surface area (Å²) in [6.07, 6.45) is 9.49. The Balaban J connectivity index is 1.49. The van der Waals surface area contributed by atoms with Crippen molar-refractivity contribution in [2.75, 3.05) is 38.7 Å². The molecule has 2 saturated heterocycles. The van der Waals surface area contributed by atoms with Gasteiger partial charge in [0.15, 0.2) is 5.82 Å². The van der Waals surface area contributed by atoms with Crippen molar-refractivity contribution in [3.8, 4) is 11.5 Å². The standard InChI is InChI=1S/C21H28N6O2/c1-26(2)19-13-16(24-20(25-19)17-14-22-8-9-23-17)15-6-10-27(11-7-15)21(28)18-5-3-4-12-29-18/h8-9,13-15,18H,3-7,10-12H2,1-2H3. The van der Waals surface area contributed by atoms with E-state index in [1.54, 1.807) is 18.6 Å². The number of piperidine rings is 1. The zero-order valence-electron chi connectivity index (χ0n) is 17.1. The Bertz CT molecular complexity index is 830. The first-order valence-electron chi connectivity index (χ1n) is 10.3. The summed E-state index contributed by atoms with van der Waals surface area (Å²) in [6, 6.07) is 2.05. The molecule has 2 fully saturated rings. The lowest BCUT2D eigenvalue weighted by molar-refractivity contribution is -0.147. The molecule has 4 rings (SSSR count). The van der Waals surface area contributed by atoms with E-state index in [0.717, 1.165) is 56.7 Å². The van der Waals surface area contributed by atoms with Gasteiger partial charge in [-0.3, -0.25) is 9.78 Å². The monoisotopic (exact) mass is 396 g/mol. The van der Waals surface area contributed by atoms with E-state index >= 15 is 0 Å². The maximum atomic E-state index is 12.7. The van der Waals surface area contributed by atoms with Gasteiger partial charge in [-0.2, -0.15) is 0 Å². The molecule has 8 heteroatoms. The third-order valence-electron chi connectivity index (χ3n) is 5.66. The second kappa shape index (κ2) is 8.82. The number of anilines is 1. The van der Waals surface area contributed by atoms with E-state index in [2.05, 4.69) is 15.0 Å². The zero-order chi connectivity index (χ0) is 20.2. The first-order valence-corrected chi connectivity index (χ1v) is 10.3. The number of likely N-dealkylation sites (tertiary alicyclic amines) is 1. The summed E-state index contributed by atoms with van der Waals surface area (Å²) in [7, 11) is 3.94. The van der Waals surface area contributed by atoms with Gasteiger partial charge in [-0.25, -0.2) is 15.0 Å². The van der Waals surface area contributed by atoms with Crippen molar-refractivity contribution in [2.45, 2.75) is 44.1 Å². The van der Waals surface area contributed by atoms with Gasteiger partial charge in [-0.05, 0) is 32.1 Å². The Hall–Kier alpha value is -2.61. The van der Waals surface area contributed by atoms with Crippen LogP contribution in [-0.4, -0.2) is 70.6 Å². The molecule has 2 aliphatic rings. The van der Waals surface area contributed by atoms with E-state index in [-0.39, 0.29) is 12.0 Å². The molecule has 2 aliphatic heterocycles. The van der Waals surface area contributed by atoms with Gasteiger partial charge in [-0.1, -0.05) is 0 Å².